The molecule has 6 rings (SSSR count). The molecule has 4 heterocycles. The first-order valence-corrected chi connectivity index (χ1v) is 13.7. The molecule has 0 unspecified atom stereocenters. The van der Waals surface area contributed by atoms with Gasteiger partial charge in [-0.2, -0.15) is 0 Å². The summed E-state index contributed by atoms with van der Waals surface area (Å²) in [7, 11) is 0. The summed E-state index contributed by atoms with van der Waals surface area (Å²) in [6, 6.07) is 12.3. The second-order valence-electron chi connectivity index (χ2n) is 9.06. The van der Waals surface area contributed by atoms with E-state index in [0.29, 0.717) is 47.5 Å². The van der Waals surface area contributed by atoms with Crippen molar-refractivity contribution < 1.29 is 28.2 Å². The van der Waals surface area contributed by atoms with Gasteiger partial charge in [0.1, 0.15) is 16.8 Å². The van der Waals surface area contributed by atoms with Gasteiger partial charge in [0.05, 0.1) is 29.8 Å². The molecule has 3 aliphatic rings. The molecule has 196 valence electrons. The SMILES string of the molecule is O=C(COc1ccccc1[C@@H]1c2sc(=O)[nH]c2S[C@H]2C(=O)N(c3ccc(F)cc3)C(=O)[C@@H]12)N1CCOCC1. The summed E-state index contributed by atoms with van der Waals surface area (Å²) in [6.07, 6.45) is 0. The number of benzene rings is 2. The number of amides is 3. The van der Waals surface area contributed by atoms with Crippen LogP contribution in [0.4, 0.5) is 10.1 Å². The summed E-state index contributed by atoms with van der Waals surface area (Å²) in [5.74, 6) is -2.60. The Bertz CT molecular complexity index is 1470. The molecule has 0 radical (unpaired) electrons. The van der Waals surface area contributed by atoms with Crippen molar-refractivity contribution in [2.45, 2.75) is 16.2 Å². The molecular formula is C26H22FN3O6S2. The van der Waals surface area contributed by atoms with Crippen molar-refractivity contribution in [1.29, 1.82) is 0 Å². The highest BCUT2D eigenvalue weighted by Crippen LogP contribution is 2.54. The Labute approximate surface area is 224 Å². The zero-order valence-electron chi connectivity index (χ0n) is 19.9. The van der Waals surface area contributed by atoms with Gasteiger partial charge in [-0.25, -0.2) is 9.29 Å². The number of halogens is 1. The number of hydrogen-bond acceptors (Lipinski definition) is 8. The molecular weight excluding hydrogens is 533 g/mol. The average molecular weight is 556 g/mol. The fourth-order valence-corrected chi connectivity index (χ4v) is 7.62. The molecule has 0 aliphatic carbocycles. The van der Waals surface area contributed by atoms with E-state index in [1.165, 1.54) is 24.3 Å². The molecule has 3 amide bonds. The standard InChI is InChI=1S/C26H22FN3O6S2/c27-14-5-7-15(8-6-14)30-24(32)20-19(21-23(28-26(34)38-21)37-22(20)25(30)33)16-3-1-2-4-17(16)36-13-18(31)29-9-11-35-12-10-29/h1-8,19-20,22H,9-13H2,(H,28,34)/t19-,20-,22+/m0/s1. The number of carbonyl (C=O) groups excluding carboxylic acids is 3. The van der Waals surface area contributed by atoms with Crippen molar-refractivity contribution in [2.24, 2.45) is 5.92 Å². The van der Waals surface area contributed by atoms with Crippen molar-refractivity contribution >= 4 is 46.5 Å². The van der Waals surface area contributed by atoms with E-state index in [1.807, 2.05) is 0 Å². The van der Waals surface area contributed by atoms with Crippen molar-refractivity contribution in [3.05, 3.63) is 74.5 Å². The summed E-state index contributed by atoms with van der Waals surface area (Å²) < 4.78 is 24.8. The van der Waals surface area contributed by atoms with Gasteiger partial charge in [-0.15, -0.1) is 0 Å². The highest BCUT2D eigenvalue weighted by molar-refractivity contribution is 8.00. The number of para-hydroxylation sites is 1. The number of morpholine rings is 1. The third-order valence-corrected chi connectivity index (χ3v) is 9.28. The lowest BCUT2D eigenvalue weighted by Gasteiger charge is -2.31. The molecule has 2 aromatic carbocycles. The lowest BCUT2D eigenvalue weighted by molar-refractivity contribution is -0.137. The zero-order chi connectivity index (χ0) is 26.4. The number of thiazole rings is 1. The van der Waals surface area contributed by atoms with Crippen LogP contribution in [0.5, 0.6) is 5.75 Å². The van der Waals surface area contributed by atoms with Gasteiger partial charge in [0.25, 0.3) is 5.91 Å². The highest BCUT2D eigenvalue weighted by atomic mass is 32.2. The summed E-state index contributed by atoms with van der Waals surface area (Å²) in [5, 5.41) is -0.258. The van der Waals surface area contributed by atoms with E-state index in [1.54, 1.807) is 29.2 Å². The number of ether oxygens (including phenoxy) is 2. The number of carbonyl (C=O) groups is 3. The van der Waals surface area contributed by atoms with Crippen LogP contribution in [0.1, 0.15) is 16.4 Å². The Balaban J connectivity index is 1.36. The minimum atomic E-state index is -0.823. The molecule has 3 aromatic rings. The highest BCUT2D eigenvalue weighted by Gasteiger charge is 2.56. The lowest BCUT2D eigenvalue weighted by Crippen LogP contribution is -2.43. The molecule has 3 atom stereocenters. The number of nitrogens with zero attached hydrogens (tertiary/aromatic N) is 2. The normalized spacial score (nSPS) is 22.8. The van der Waals surface area contributed by atoms with Gasteiger partial charge >= 0.3 is 4.87 Å². The first-order chi connectivity index (χ1) is 18.4. The maximum absolute atomic E-state index is 13.8. The van der Waals surface area contributed by atoms with Crippen molar-refractivity contribution in [3.63, 3.8) is 0 Å². The van der Waals surface area contributed by atoms with E-state index >= 15 is 0 Å². The number of rotatable bonds is 5. The third-order valence-electron chi connectivity index (χ3n) is 6.88. The Hall–Kier alpha value is -3.48. The third kappa shape index (κ3) is 4.32. The number of nitrogens with one attached hydrogen (secondary N) is 1. The summed E-state index contributed by atoms with van der Waals surface area (Å²) in [4.78, 5) is 58.3. The molecule has 9 nitrogen and oxygen atoms in total. The summed E-state index contributed by atoms with van der Waals surface area (Å²) >= 11 is 2.15. The number of aromatic nitrogens is 1. The largest absolute Gasteiger partial charge is 0.483 e. The Morgan fingerprint density at radius 2 is 1.79 bits per heavy atom. The van der Waals surface area contributed by atoms with Gasteiger partial charge in [0, 0.05) is 29.4 Å². The van der Waals surface area contributed by atoms with Crippen LogP contribution >= 0.6 is 23.1 Å². The monoisotopic (exact) mass is 555 g/mol. The smallest absolute Gasteiger partial charge is 0.305 e. The number of fused-ring (bicyclic) bond motifs is 2. The Morgan fingerprint density at radius 1 is 1.05 bits per heavy atom. The van der Waals surface area contributed by atoms with Crippen LogP contribution in [-0.2, 0) is 19.1 Å². The molecule has 3 aliphatic heterocycles. The lowest BCUT2D eigenvalue weighted by atomic mass is 9.82. The van der Waals surface area contributed by atoms with E-state index in [4.69, 9.17) is 9.47 Å². The molecule has 2 saturated heterocycles. The fourth-order valence-electron chi connectivity index (χ4n) is 5.11. The predicted molar refractivity (Wildman–Crippen MR) is 138 cm³/mol. The number of hydrogen-bond donors (Lipinski definition) is 1. The molecule has 0 saturated carbocycles. The number of thioether (sulfide) groups is 1. The first-order valence-electron chi connectivity index (χ1n) is 12.0. The molecule has 0 bridgehead atoms. The van der Waals surface area contributed by atoms with Crippen LogP contribution in [0.15, 0.2) is 58.4 Å². The maximum atomic E-state index is 13.8. The first kappa shape index (κ1) is 24.8. The van der Waals surface area contributed by atoms with E-state index in [2.05, 4.69) is 4.98 Å². The van der Waals surface area contributed by atoms with Crippen LogP contribution in [0, 0.1) is 11.7 Å². The second kappa shape index (κ2) is 10.0. The molecule has 2 fully saturated rings. The second-order valence-corrected chi connectivity index (χ2v) is 11.2. The average Bonchev–Trinajstić information content (AvgIpc) is 3.43. The summed E-state index contributed by atoms with van der Waals surface area (Å²) in [6.45, 7) is 1.73. The van der Waals surface area contributed by atoms with Crippen molar-refractivity contribution in [2.75, 3.05) is 37.8 Å². The van der Waals surface area contributed by atoms with Crippen LogP contribution in [0.25, 0.3) is 0 Å². The van der Waals surface area contributed by atoms with E-state index in [0.717, 1.165) is 28.0 Å². The van der Waals surface area contributed by atoms with Crippen molar-refractivity contribution in [1.82, 2.24) is 9.88 Å². The Kier molecular flexibility index (Phi) is 6.54. The van der Waals surface area contributed by atoms with E-state index in [9.17, 15) is 23.6 Å². The van der Waals surface area contributed by atoms with Gasteiger partial charge in [-0.05, 0) is 30.3 Å². The van der Waals surface area contributed by atoms with Gasteiger partial charge < -0.3 is 19.4 Å². The van der Waals surface area contributed by atoms with E-state index in [-0.39, 0.29) is 23.1 Å². The summed E-state index contributed by atoms with van der Waals surface area (Å²) in [5.41, 5.74) is 0.892. The van der Waals surface area contributed by atoms with Gasteiger partial charge in [0.15, 0.2) is 6.61 Å². The minimum Gasteiger partial charge on any atom is -0.483 e. The predicted octanol–water partition coefficient (Wildman–Crippen LogP) is 2.61. The molecule has 38 heavy (non-hydrogen) atoms. The zero-order valence-corrected chi connectivity index (χ0v) is 21.6. The maximum Gasteiger partial charge on any atom is 0.305 e. The van der Waals surface area contributed by atoms with Crippen LogP contribution in [0.2, 0.25) is 0 Å². The molecule has 1 N–H and O–H groups in total. The van der Waals surface area contributed by atoms with E-state index < -0.39 is 34.7 Å². The molecule has 12 heteroatoms. The van der Waals surface area contributed by atoms with Gasteiger partial charge in [-0.1, -0.05) is 41.3 Å². The Morgan fingerprint density at radius 3 is 2.55 bits per heavy atom. The molecule has 0 spiro atoms. The minimum absolute atomic E-state index is 0.179. The van der Waals surface area contributed by atoms with Crippen LogP contribution in [-0.4, -0.2) is 65.8 Å². The number of H-pyrrole nitrogens is 1. The van der Waals surface area contributed by atoms with Gasteiger partial charge in [0.2, 0.25) is 11.8 Å². The number of aromatic amines is 1. The fraction of sp³-hybridized carbons (Fsp3) is 0.308. The number of imide groups is 1. The quantitative estimate of drug-likeness (QED) is 0.482. The van der Waals surface area contributed by atoms with Gasteiger partial charge in [-0.3, -0.25) is 19.2 Å². The molecule has 1 aromatic heterocycles. The number of anilines is 1. The van der Waals surface area contributed by atoms with Crippen molar-refractivity contribution in [3.8, 4) is 5.75 Å². The van der Waals surface area contributed by atoms with Crippen LogP contribution in [0.3, 0.4) is 0 Å². The van der Waals surface area contributed by atoms with Crippen LogP contribution < -0.4 is 14.5 Å². The topological polar surface area (TPSA) is 109 Å².